The van der Waals surface area contributed by atoms with E-state index in [1.807, 2.05) is 56.3 Å². The first kappa shape index (κ1) is 15.2. The maximum Gasteiger partial charge on any atom is 0.319 e. The number of urea groups is 1. The Hall–Kier alpha value is -2.69. The SMILES string of the molecule is Cc1cccc(NC(=O)N[C@@H](C)c2ccc3c(c2)OCCO3)c1. The molecule has 0 saturated heterocycles. The van der Waals surface area contributed by atoms with Crippen LogP contribution in [-0.2, 0) is 0 Å². The number of hydrogen-bond donors (Lipinski definition) is 2. The molecule has 0 aromatic heterocycles. The van der Waals surface area contributed by atoms with Crippen LogP contribution in [0.3, 0.4) is 0 Å². The van der Waals surface area contributed by atoms with Crippen molar-refractivity contribution in [3.63, 3.8) is 0 Å². The van der Waals surface area contributed by atoms with Crippen LogP contribution in [-0.4, -0.2) is 19.2 Å². The normalized spacial score (nSPS) is 14.0. The summed E-state index contributed by atoms with van der Waals surface area (Å²) >= 11 is 0. The molecule has 3 rings (SSSR count). The zero-order valence-corrected chi connectivity index (χ0v) is 13.3. The molecule has 0 unspecified atom stereocenters. The summed E-state index contributed by atoms with van der Waals surface area (Å²) in [5.41, 5.74) is 2.84. The third-order valence-electron chi connectivity index (χ3n) is 3.69. The highest BCUT2D eigenvalue weighted by Crippen LogP contribution is 2.32. The lowest BCUT2D eigenvalue weighted by atomic mass is 10.1. The topological polar surface area (TPSA) is 59.6 Å². The second-order valence-electron chi connectivity index (χ2n) is 5.59. The van der Waals surface area contributed by atoms with Crippen molar-refractivity contribution in [2.24, 2.45) is 0 Å². The minimum atomic E-state index is -0.238. The van der Waals surface area contributed by atoms with Crippen LogP contribution in [0.25, 0.3) is 0 Å². The molecule has 0 radical (unpaired) electrons. The first-order valence-electron chi connectivity index (χ1n) is 7.65. The molecule has 1 aliphatic rings. The van der Waals surface area contributed by atoms with Gasteiger partial charge >= 0.3 is 6.03 Å². The second-order valence-corrected chi connectivity index (χ2v) is 5.59. The lowest BCUT2D eigenvalue weighted by Gasteiger charge is -2.21. The van der Waals surface area contributed by atoms with Gasteiger partial charge in [0.25, 0.3) is 0 Å². The molecule has 1 aliphatic heterocycles. The molecule has 2 aromatic rings. The van der Waals surface area contributed by atoms with Gasteiger partial charge in [0.05, 0.1) is 6.04 Å². The van der Waals surface area contributed by atoms with Crippen LogP contribution in [0, 0.1) is 6.92 Å². The van der Waals surface area contributed by atoms with Gasteiger partial charge in [-0.1, -0.05) is 18.2 Å². The Bertz CT molecular complexity index is 715. The summed E-state index contributed by atoms with van der Waals surface area (Å²) in [5.74, 6) is 1.47. The highest BCUT2D eigenvalue weighted by atomic mass is 16.6. The van der Waals surface area contributed by atoms with Crippen molar-refractivity contribution in [1.82, 2.24) is 5.32 Å². The number of carbonyl (C=O) groups is 1. The van der Waals surface area contributed by atoms with Crippen molar-refractivity contribution >= 4 is 11.7 Å². The van der Waals surface area contributed by atoms with Crippen molar-refractivity contribution < 1.29 is 14.3 Å². The Labute approximate surface area is 135 Å². The van der Waals surface area contributed by atoms with E-state index < -0.39 is 0 Å². The average Bonchev–Trinajstić information content (AvgIpc) is 2.54. The second kappa shape index (κ2) is 6.60. The van der Waals surface area contributed by atoms with E-state index in [0.29, 0.717) is 13.2 Å². The van der Waals surface area contributed by atoms with Gasteiger partial charge in [-0.05, 0) is 49.2 Å². The van der Waals surface area contributed by atoms with Gasteiger partial charge in [-0.2, -0.15) is 0 Å². The van der Waals surface area contributed by atoms with E-state index in [1.165, 1.54) is 0 Å². The Morgan fingerprint density at radius 2 is 1.87 bits per heavy atom. The first-order valence-corrected chi connectivity index (χ1v) is 7.65. The van der Waals surface area contributed by atoms with E-state index in [9.17, 15) is 4.79 Å². The van der Waals surface area contributed by atoms with Gasteiger partial charge in [0.15, 0.2) is 11.5 Å². The van der Waals surface area contributed by atoms with Crippen LogP contribution >= 0.6 is 0 Å². The van der Waals surface area contributed by atoms with Crippen LogP contribution in [0.5, 0.6) is 11.5 Å². The largest absolute Gasteiger partial charge is 0.486 e. The molecule has 1 heterocycles. The molecule has 0 saturated carbocycles. The summed E-state index contributed by atoms with van der Waals surface area (Å²) in [7, 11) is 0. The third-order valence-corrected chi connectivity index (χ3v) is 3.69. The van der Waals surface area contributed by atoms with Gasteiger partial charge in [-0.25, -0.2) is 4.79 Å². The predicted molar refractivity (Wildman–Crippen MR) is 89.2 cm³/mol. The summed E-state index contributed by atoms with van der Waals surface area (Å²) < 4.78 is 11.1. The lowest BCUT2D eigenvalue weighted by Crippen LogP contribution is -2.31. The summed E-state index contributed by atoms with van der Waals surface area (Å²) in [6, 6.07) is 13.0. The molecule has 0 spiro atoms. The third kappa shape index (κ3) is 3.74. The summed E-state index contributed by atoms with van der Waals surface area (Å²) in [6.07, 6.45) is 0. The van der Waals surface area contributed by atoms with Crippen molar-refractivity contribution in [3.05, 3.63) is 53.6 Å². The van der Waals surface area contributed by atoms with Gasteiger partial charge in [0.2, 0.25) is 0 Å². The molecular weight excluding hydrogens is 292 g/mol. The van der Waals surface area contributed by atoms with Crippen molar-refractivity contribution in [1.29, 1.82) is 0 Å². The van der Waals surface area contributed by atoms with Crippen LogP contribution in [0.15, 0.2) is 42.5 Å². The molecule has 2 N–H and O–H groups in total. The molecule has 5 nitrogen and oxygen atoms in total. The van der Waals surface area contributed by atoms with Crippen molar-refractivity contribution in [3.8, 4) is 11.5 Å². The molecule has 0 fully saturated rings. The maximum absolute atomic E-state index is 12.1. The number of aryl methyl sites for hydroxylation is 1. The van der Waals surface area contributed by atoms with Crippen LogP contribution < -0.4 is 20.1 Å². The zero-order valence-electron chi connectivity index (χ0n) is 13.3. The Morgan fingerprint density at radius 1 is 1.09 bits per heavy atom. The van der Waals surface area contributed by atoms with Gasteiger partial charge < -0.3 is 20.1 Å². The standard InChI is InChI=1S/C18H20N2O3/c1-12-4-3-5-15(10-12)20-18(21)19-13(2)14-6-7-16-17(11-14)23-9-8-22-16/h3-7,10-11,13H,8-9H2,1-2H3,(H2,19,20,21)/t13-/m0/s1. The fourth-order valence-corrected chi connectivity index (χ4v) is 2.50. The molecule has 120 valence electrons. The molecule has 0 bridgehead atoms. The number of amides is 2. The van der Waals surface area contributed by atoms with E-state index in [-0.39, 0.29) is 12.1 Å². The zero-order chi connectivity index (χ0) is 16.2. The summed E-state index contributed by atoms with van der Waals surface area (Å²) in [4.78, 5) is 12.1. The molecule has 2 aromatic carbocycles. The minimum Gasteiger partial charge on any atom is -0.486 e. The van der Waals surface area contributed by atoms with E-state index >= 15 is 0 Å². The van der Waals surface area contributed by atoms with Crippen molar-refractivity contribution in [2.45, 2.75) is 19.9 Å². The molecule has 2 amide bonds. The molecule has 1 atom stereocenters. The number of anilines is 1. The van der Waals surface area contributed by atoms with Crippen molar-refractivity contribution in [2.75, 3.05) is 18.5 Å². The van der Waals surface area contributed by atoms with E-state index in [4.69, 9.17) is 9.47 Å². The fourth-order valence-electron chi connectivity index (χ4n) is 2.50. The number of nitrogens with one attached hydrogen (secondary N) is 2. The smallest absolute Gasteiger partial charge is 0.319 e. The molecular formula is C18H20N2O3. The number of rotatable bonds is 3. The number of fused-ring (bicyclic) bond motifs is 1. The summed E-state index contributed by atoms with van der Waals surface area (Å²) in [6.45, 7) is 5.04. The van der Waals surface area contributed by atoms with E-state index in [2.05, 4.69) is 10.6 Å². The highest BCUT2D eigenvalue weighted by Gasteiger charge is 2.15. The predicted octanol–water partition coefficient (Wildman–Crippen LogP) is 3.65. The lowest BCUT2D eigenvalue weighted by molar-refractivity contribution is 0.171. The monoisotopic (exact) mass is 312 g/mol. The number of benzene rings is 2. The highest BCUT2D eigenvalue weighted by molar-refractivity contribution is 5.89. The Kier molecular flexibility index (Phi) is 4.37. The number of carbonyl (C=O) groups excluding carboxylic acids is 1. The molecule has 0 aliphatic carbocycles. The van der Waals surface area contributed by atoms with Crippen LogP contribution in [0.1, 0.15) is 24.1 Å². The summed E-state index contributed by atoms with van der Waals surface area (Å²) in [5, 5.41) is 5.76. The van der Waals surface area contributed by atoms with Gasteiger partial charge in [0, 0.05) is 5.69 Å². The van der Waals surface area contributed by atoms with Gasteiger partial charge in [-0.15, -0.1) is 0 Å². The minimum absolute atomic E-state index is 0.143. The Balaban J connectivity index is 1.64. The maximum atomic E-state index is 12.1. The van der Waals surface area contributed by atoms with E-state index in [0.717, 1.165) is 28.3 Å². The average molecular weight is 312 g/mol. The van der Waals surface area contributed by atoms with Gasteiger partial charge in [0.1, 0.15) is 13.2 Å². The fraction of sp³-hybridized carbons (Fsp3) is 0.278. The molecule has 5 heteroatoms. The van der Waals surface area contributed by atoms with E-state index in [1.54, 1.807) is 0 Å². The first-order chi connectivity index (χ1) is 11.1. The van der Waals surface area contributed by atoms with Gasteiger partial charge in [-0.3, -0.25) is 0 Å². The Morgan fingerprint density at radius 3 is 2.65 bits per heavy atom. The molecule has 23 heavy (non-hydrogen) atoms. The number of ether oxygens (including phenoxy) is 2. The number of hydrogen-bond acceptors (Lipinski definition) is 3. The van der Waals surface area contributed by atoms with Crippen LogP contribution in [0.2, 0.25) is 0 Å². The quantitative estimate of drug-likeness (QED) is 0.909. The van der Waals surface area contributed by atoms with Crippen LogP contribution in [0.4, 0.5) is 10.5 Å².